The molecule has 1 aromatic carbocycles. The number of carboxylic acids is 1. The molecule has 4 heteroatoms. The first-order valence-electron chi connectivity index (χ1n) is 5.82. The lowest BCUT2D eigenvalue weighted by molar-refractivity contribution is -0.140. The lowest BCUT2D eigenvalue weighted by atomic mass is 9.85. The monoisotopic (exact) mass is 297 g/mol. The van der Waals surface area contributed by atoms with Gasteiger partial charge in [0, 0.05) is 10.5 Å². The Bertz CT molecular complexity index is 422. The van der Waals surface area contributed by atoms with Gasteiger partial charge in [0.05, 0.1) is 0 Å². The predicted molar refractivity (Wildman–Crippen MR) is 69.8 cm³/mol. The first kappa shape index (κ1) is 12.6. The molecule has 1 saturated heterocycles. The zero-order valence-electron chi connectivity index (χ0n) is 9.69. The molecule has 0 aliphatic carbocycles. The summed E-state index contributed by atoms with van der Waals surface area (Å²) in [5.41, 5.74) is 1.15. The van der Waals surface area contributed by atoms with Crippen molar-refractivity contribution in [1.29, 1.82) is 0 Å². The van der Waals surface area contributed by atoms with Crippen molar-refractivity contribution in [3.05, 3.63) is 34.3 Å². The van der Waals surface area contributed by atoms with E-state index in [4.69, 9.17) is 5.11 Å². The summed E-state index contributed by atoms with van der Waals surface area (Å²) in [5, 5.41) is 12.3. The largest absolute Gasteiger partial charge is 0.480 e. The fourth-order valence-electron chi connectivity index (χ4n) is 2.38. The molecule has 17 heavy (non-hydrogen) atoms. The van der Waals surface area contributed by atoms with E-state index in [1.54, 1.807) is 0 Å². The van der Waals surface area contributed by atoms with Crippen LogP contribution >= 0.6 is 15.9 Å². The Hall–Kier alpha value is -0.870. The molecule has 1 aliphatic heterocycles. The summed E-state index contributed by atoms with van der Waals surface area (Å²) < 4.78 is 1.03. The van der Waals surface area contributed by atoms with Crippen molar-refractivity contribution in [2.75, 3.05) is 0 Å². The molecule has 3 atom stereocenters. The second kappa shape index (κ2) is 5.19. The molecule has 0 spiro atoms. The van der Waals surface area contributed by atoms with Crippen molar-refractivity contribution in [1.82, 2.24) is 5.32 Å². The maximum absolute atomic E-state index is 11.0. The molecule has 1 aliphatic rings. The van der Waals surface area contributed by atoms with Gasteiger partial charge in [0.1, 0.15) is 6.04 Å². The van der Waals surface area contributed by atoms with Gasteiger partial charge in [-0.1, -0.05) is 35.0 Å². The summed E-state index contributed by atoms with van der Waals surface area (Å²) >= 11 is 3.45. The van der Waals surface area contributed by atoms with Gasteiger partial charge in [-0.3, -0.25) is 10.1 Å². The number of carbonyl (C=O) groups is 1. The van der Waals surface area contributed by atoms with Crippen LogP contribution in [0.5, 0.6) is 0 Å². The molecule has 0 radical (unpaired) electrons. The Kier molecular flexibility index (Phi) is 3.84. The maximum Gasteiger partial charge on any atom is 0.320 e. The average Bonchev–Trinajstić information content (AvgIpc) is 2.29. The van der Waals surface area contributed by atoms with Gasteiger partial charge in [0.15, 0.2) is 0 Å². The molecule has 0 saturated carbocycles. The van der Waals surface area contributed by atoms with Crippen LogP contribution in [0, 0.1) is 5.92 Å². The Morgan fingerprint density at radius 3 is 2.88 bits per heavy atom. The molecule has 0 bridgehead atoms. The summed E-state index contributed by atoms with van der Waals surface area (Å²) in [6, 6.07) is 7.77. The highest BCUT2D eigenvalue weighted by Crippen LogP contribution is 2.32. The summed E-state index contributed by atoms with van der Waals surface area (Å²) in [4.78, 5) is 11.0. The van der Waals surface area contributed by atoms with Gasteiger partial charge in [-0.15, -0.1) is 0 Å². The maximum atomic E-state index is 11.0. The lowest BCUT2D eigenvalue weighted by Gasteiger charge is -2.34. The molecule has 2 N–H and O–H groups in total. The average molecular weight is 298 g/mol. The molecule has 0 amide bonds. The summed E-state index contributed by atoms with van der Waals surface area (Å²) in [7, 11) is 0. The molecule has 3 nitrogen and oxygen atoms in total. The molecule has 0 aromatic heterocycles. The van der Waals surface area contributed by atoms with Gasteiger partial charge in [0.2, 0.25) is 0 Å². The Morgan fingerprint density at radius 2 is 2.24 bits per heavy atom. The van der Waals surface area contributed by atoms with Crippen molar-refractivity contribution in [3.63, 3.8) is 0 Å². The van der Waals surface area contributed by atoms with Crippen LogP contribution in [-0.4, -0.2) is 17.1 Å². The number of hydrogen-bond donors (Lipinski definition) is 2. The van der Waals surface area contributed by atoms with E-state index in [0.29, 0.717) is 12.3 Å². The van der Waals surface area contributed by atoms with E-state index in [-0.39, 0.29) is 6.04 Å². The van der Waals surface area contributed by atoms with Gasteiger partial charge < -0.3 is 5.11 Å². The third-order valence-corrected chi connectivity index (χ3v) is 3.86. The topological polar surface area (TPSA) is 49.3 Å². The fraction of sp³-hybridized carbons (Fsp3) is 0.462. The second-order valence-electron chi connectivity index (χ2n) is 4.64. The Labute approximate surface area is 109 Å². The minimum atomic E-state index is -0.753. The molecule has 1 fully saturated rings. The normalized spacial score (nSPS) is 28.9. The molecular formula is C13H16BrNO2. The zero-order valence-corrected chi connectivity index (χ0v) is 11.3. The highest BCUT2D eigenvalue weighted by atomic mass is 79.9. The number of hydrogen-bond acceptors (Lipinski definition) is 2. The van der Waals surface area contributed by atoms with E-state index < -0.39 is 12.0 Å². The van der Waals surface area contributed by atoms with Crippen LogP contribution < -0.4 is 5.32 Å². The summed E-state index contributed by atoms with van der Waals surface area (Å²) in [6.45, 7) is 2.16. The van der Waals surface area contributed by atoms with Gasteiger partial charge in [0.25, 0.3) is 0 Å². The molecule has 1 aromatic rings. The third-order valence-electron chi connectivity index (χ3n) is 3.37. The van der Waals surface area contributed by atoms with Crippen LogP contribution in [0.3, 0.4) is 0 Å². The molecule has 1 heterocycles. The number of rotatable bonds is 2. The van der Waals surface area contributed by atoms with E-state index in [9.17, 15) is 4.79 Å². The van der Waals surface area contributed by atoms with Crippen molar-refractivity contribution in [2.45, 2.75) is 31.8 Å². The van der Waals surface area contributed by atoms with Crippen LogP contribution in [0.25, 0.3) is 0 Å². The number of carboxylic acid groups (broad SMARTS) is 1. The van der Waals surface area contributed by atoms with Crippen molar-refractivity contribution in [3.8, 4) is 0 Å². The standard InChI is InChI=1S/C13H16BrNO2/c1-8-5-6-11(13(16)17)15-12(8)9-3-2-4-10(14)7-9/h2-4,7-8,11-12,15H,5-6H2,1H3,(H,16,17)/t8-,11+,12-/m1/s1. The van der Waals surface area contributed by atoms with Crippen LogP contribution in [0.4, 0.5) is 0 Å². The lowest BCUT2D eigenvalue weighted by Crippen LogP contribution is -2.45. The molecule has 0 unspecified atom stereocenters. The van der Waals surface area contributed by atoms with Crippen LogP contribution in [0.15, 0.2) is 28.7 Å². The minimum absolute atomic E-state index is 0.127. The van der Waals surface area contributed by atoms with E-state index in [0.717, 1.165) is 16.5 Å². The Balaban J connectivity index is 2.20. The van der Waals surface area contributed by atoms with Gasteiger partial charge in [-0.05, 0) is 36.5 Å². The first-order valence-corrected chi connectivity index (χ1v) is 6.61. The number of halogens is 1. The minimum Gasteiger partial charge on any atom is -0.480 e. The molecular weight excluding hydrogens is 282 g/mol. The number of piperidine rings is 1. The summed E-state index contributed by atoms with van der Waals surface area (Å²) in [6.07, 6.45) is 1.65. The van der Waals surface area contributed by atoms with Crippen molar-refractivity contribution < 1.29 is 9.90 Å². The van der Waals surface area contributed by atoms with Gasteiger partial charge >= 0.3 is 5.97 Å². The number of aliphatic carboxylic acids is 1. The fourth-order valence-corrected chi connectivity index (χ4v) is 2.80. The first-order chi connectivity index (χ1) is 8.08. The van der Waals surface area contributed by atoms with E-state index in [2.05, 4.69) is 34.2 Å². The highest BCUT2D eigenvalue weighted by Gasteiger charge is 2.31. The van der Waals surface area contributed by atoms with Crippen LogP contribution in [0.2, 0.25) is 0 Å². The zero-order chi connectivity index (χ0) is 12.4. The van der Waals surface area contributed by atoms with E-state index in [1.165, 1.54) is 0 Å². The van der Waals surface area contributed by atoms with Crippen molar-refractivity contribution in [2.24, 2.45) is 5.92 Å². The van der Waals surface area contributed by atoms with Crippen LogP contribution in [0.1, 0.15) is 31.4 Å². The third kappa shape index (κ3) is 2.87. The van der Waals surface area contributed by atoms with Crippen LogP contribution in [-0.2, 0) is 4.79 Å². The van der Waals surface area contributed by atoms with Crippen molar-refractivity contribution >= 4 is 21.9 Å². The quantitative estimate of drug-likeness (QED) is 0.882. The Morgan fingerprint density at radius 1 is 1.47 bits per heavy atom. The predicted octanol–water partition coefficient (Wildman–Crippen LogP) is 2.96. The molecule has 2 rings (SSSR count). The van der Waals surface area contributed by atoms with E-state index in [1.807, 2.05) is 18.2 Å². The second-order valence-corrected chi connectivity index (χ2v) is 5.56. The summed E-state index contributed by atoms with van der Waals surface area (Å²) in [5.74, 6) is -0.295. The number of benzene rings is 1. The smallest absolute Gasteiger partial charge is 0.320 e. The highest BCUT2D eigenvalue weighted by molar-refractivity contribution is 9.10. The number of nitrogens with one attached hydrogen (secondary N) is 1. The van der Waals surface area contributed by atoms with E-state index >= 15 is 0 Å². The van der Waals surface area contributed by atoms with Gasteiger partial charge in [-0.25, -0.2) is 0 Å². The molecule has 92 valence electrons. The SMILES string of the molecule is C[C@@H]1CC[C@@H](C(=O)O)N[C@H]1c1cccc(Br)c1. The van der Waals surface area contributed by atoms with Gasteiger partial charge in [-0.2, -0.15) is 0 Å².